The van der Waals surface area contributed by atoms with E-state index in [1.165, 1.54) is 0 Å². The third-order valence-electron chi connectivity index (χ3n) is 4.85. The highest BCUT2D eigenvalue weighted by molar-refractivity contribution is 7.89. The lowest BCUT2D eigenvalue weighted by Crippen LogP contribution is -2.70. The highest BCUT2D eigenvalue weighted by Crippen LogP contribution is 2.38. The Morgan fingerprint density at radius 2 is 1.80 bits per heavy atom. The maximum Gasteiger partial charge on any atom is 0.243 e. The minimum absolute atomic E-state index is 0.0128. The van der Waals surface area contributed by atoms with Gasteiger partial charge >= 0.3 is 0 Å². The summed E-state index contributed by atoms with van der Waals surface area (Å²) in [6.45, 7) is 3.17. The van der Waals surface area contributed by atoms with E-state index in [1.54, 1.807) is 41.9 Å². The molecule has 0 spiro atoms. The van der Waals surface area contributed by atoms with Gasteiger partial charge in [-0.25, -0.2) is 18.4 Å². The summed E-state index contributed by atoms with van der Waals surface area (Å²) < 4.78 is 32.7. The summed E-state index contributed by atoms with van der Waals surface area (Å²) in [4.78, 5) is 11.0. The number of methoxy groups -OCH3 is 1. The zero-order valence-electron chi connectivity index (χ0n) is 14.2. The monoisotopic (exact) mass is 360 g/mol. The van der Waals surface area contributed by atoms with Crippen LogP contribution in [-0.4, -0.2) is 55.0 Å². The van der Waals surface area contributed by atoms with Crippen LogP contribution < -0.4 is 9.64 Å². The minimum Gasteiger partial charge on any atom is -0.497 e. The van der Waals surface area contributed by atoms with Gasteiger partial charge in [-0.15, -0.1) is 0 Å². The lowest BCUT2D eigenvalue weighted by Gasteiger charge is -2.55. The number of sulfonamides is 1. The van der Waals surface area contributed by atoms with Crippen molar-refractivity contribution in [1.29, 1.82) is 0 Å². The Bertz CT molecular complexity index is 873. The molecular weight excluding hydrogens is 340 g/mol. The molecule has 0 radical (unpaired) electrons. The first-order valence-electron chi connectivity index (χ1n) is 8.21. The Morgan fingerprint density at radius 1 is 1.12 bits per heavy atom. The molecule has 25 heavy (non-hydrogen) atoms. The first-order chi connectivity index (χ1) is 12.0. The number of rotatable bonds is 4. The molecule has 1 aromatic carbocycles. The fraction of sp³-hybridized carbons (Fsp3) is 0.412. The molecule has 3 aliphatic rings. The van der Waals surface area contributed by atoms with Gasteiger partial charge in [-0.05, 0) is 43.7 Å². The number of nitrogens with zero attached hydrogens (tertiary/aromatic N) is 4. The largest absolute Gasteiger partial charge is 0.497 e. The van der Waals surface area contributed by atoms with E-state index in [-0.39, 0.29) is 12.1 Å². The van der Waals surface area contributed by atoms with Crippen LogP contribution in [0.15, 0.2) is 41.4 Å². The second kappa shape index (κ2) is 5.96. The predicted octanol–water partition coefficient (Wildman–Crippen LogP) is 1.45. The SMILES string of the molecule is COc1ccc(S(=O)(=O)N2C3CC2CN(c2ccnc(C)n2)C3)cc1. The number of hydrogen-bond donors (Lipinski definition) is 0. The summed E-state index contributed by atoms with van der Waals surface area (Å²) in [6, 6.07) is 8.42. The zero-order valence-corrected chi connectivity index (χ0v) is 15.0. The smallest absolute Gasteiger partial charge is 0.243 e. The summed E-state index contributed by atoms with van der Waals surface area (Å²) in [6.07, 6.45) is 2.64. The van der Waals surface area contributed by atoms with Crippen LogP contribution in [0.2, 0.25) is 0 Å². The molecule has 4 heterocycles. The number of anilines is 1. The van der Waals surface area contributed by atoms with Crippen molar-refractivity contribution in [2.75, 3.05) is 25.1 Å². The average Bonchev–Trinajstić information content (AvgIpc) is 2.61. The van der Waals surface area contributed by atoms with Crippen molar-refractivity contribution in [2.24, 2.45) is 0 Å². The Morgan fingerprint density at radius 3 is 2.40 bits per heavy atom. The molecule has 0 aliphatic carbocycles. The van der Waals surface area contributed by atoms with E-state index in [9.17, 15) is 8.42 Å². The average molecular weight is 360 g/mol. The zero-order chi connectivity index (χ0) is 17.6. The molecule has 3 saturated heterocycles. The Hall–Kier alpha value is -2.19. The maximum absolute atomic E-state index is 13.0. The van der Waals surface area contributed by atoms with Gasteiger partial charge in [0.2, 0.25) is 10.0 Å². The highest BCUT2D eigenvalue weighted by atomic mass is 32.2. The molecule has 8 heteroatoms. The molecule has 0 saturated carbocycles. The van der Waals surface area contributed by atoms with E-state index in [0.717, 1.165) is 18.1 Å². The van der Waals surface area contributed by atoms with Crippen molar-refractivity contribution in [2.45, 2.75) is 30.3 Å². The van der Waals surface area contributed by atoms with E-state index in [2.05, 4.69) is 14.9 Å². The molecular formula is C17H20N4O3S. The summed E-state index contributed by atoms with van der Waals surface area (Å²) >= 11 is 0. The molecule has 2 bridgehead atoms. The van der Waals surface area contributed by atoms with Crippen LogP contribution in [-0.2, 0) is 10.0 Å². The topological polar surface area (TPSA) is 75.6 Å². The highest BCUT2D eigenvalue weighted by Gasteiger charge is 2.51. The molecule has 3 aliphatic heterocycles. The van der Waals surface area contributed by atoms with E-state index in [0.29, 0.717) is 23.7 Å². The van der Waals surface area contributed by atoms with Crippen molar-refractivity contribution in [3.63, 3.8) is 0 Å². The second-order valence-electron chi connectivity index (χ2n) is 6.42. The Kier molecular flexibility index (Phi) is 3.88. The number of piperidine rings is 1. The molecule has 3 fully saturated rings. The van der Waals surface area contributed by atoms with E-state index in [1.807, 2.05) is 13.0 Å². The van der Waals surface area contributed by atoms with Crippen LogP contribution in [0.25, 0.3) is 0 Å². The minimum atomic E-state index is -3.48. The number of aromatic nitrogens is 2. The molecule has 132 valence electrons. The van der Waals surface area contributed by atoms with Gasteiger partial charge in [0.15, 0.2) is 0 Å². The van der Waals surface area contributed by atoms with Crippen LogP contribution in [0.4, 0.5) is 5.82 Å². The van der Waals surface area contributed by atoms with Crippen molar-refractivity contribution in [3.05, 3.63) is 42.4 Å². The van der Waals surface area contributed by atoms with Gasteiger partial charge in [0, 0.05) is 31.4 Å². The normalized spacial score (nSPS) is 23.2. The number of benzene rings is 1. The lowest BCUT2D eigenvalue weighted by atomic mass is 9.91. The number of aryl methyl sites for hydroxylation is 1. The quantitative estimate of drug-likeness (QED) is 0.821. The fourth-order valence-corrected chi connectivity index (χ4v) is 5.46. The van der Waals surface area contributed by atoms with Crippen molar-refractivity contribution in [3.8, 4) is 5.75 Å². The number of ether oxygens (including phenoxy) is 1. The summed E-state index contributed by atoms with van der Waals surface area (Å²) in [5.41, 5.74) is 0. The first-order valence-corrected chi connectivity index (χ1v) is 9.65. The molecule has 2 unspecified atom stereocenters. The second-order valence-corrected chi connectivity index (χ2v) is 8.26. The van der Waals surface area contributed by atoms with Crippen LogP contribution in [0.3, 0.4) is 0 Å². The molecule has 7 nitrogen and oxygen atoms in total. The van der Waals surface area contributed by atoms with E-state index in [4.69, 9.17) is 4.74 Å². The fourth-order valence-electron chi connectivity index (χ4n) is 3.64. The van der Waals surface area contributed by atoms with Gasteiger partial charge in [0.05, 0.1) is 12.0 Å². The summed E-state index contributed by atoms with van der Waals surface area (Å²) in [5.74, 6) is 2.23. The van der Waals surface area contributed by atoms with Gasteiger partial charge in [-0.3, -0.25) is 0 Å². The molecule has 5 rings (SSSR count). The number of piperazine rings is 1. The number of fused-ring (bicyclic) bond motifs is 2. The lowest BCUT2D eigenvalue weighted by molar-refractivity contribution is 0.0874. The van der Waals surface area contributed by atoms with E-state index >= 15 is 0 Å². The summed E-state index contributed by atoms with van der Waals surface area (Å²) in [5, 5.41) is 0. The molecule has 0 N–H and O–H groups in total. The van der Waals surface area contributed by atoms with Crippen LogP contribution in [0.5, 0.6) is 5.75 Å². The maximum atomic E-state index is 13.0. The van der Waals surface area contributed by atoms with Crippen LogP contribution >= 0.6 is 0 Å². The third-order valence-corrected chi connectivity index (χ3v) is 6.87. The van der Waals surface area contributed by atoms with Gasteiger partial charge in [0.1, 0.15) is 17.4 Å². The van der Waals surface area contributed by atoms with Crippen molar-refractivity contribution >= 4 is 15.8 Å². The standard InChI is InChI=1S/C17H20N4O3S/c1-12-18-8-7-17(19-12)20-10-13-9-14(11-20)21(13)25(22,23)16-5-3-15(24-2)4-6-16/h3-8,13-14H,9-11H2,1-2H3. The van der Waals surface area contributed by atoms with E-state index < -0.39 is 10.0 Å². The molecule has 2 aromatic rings. The van der Waals surface area contributed by atoms with Gasteiger partial charge in [-0.2, -0.15) is 4.31 Å². The Balaban J connectivity index is 1.54. The first kappa shape index (κ1) is 16.3. The summed E-state index contributed by atoms with van der Waals surface area (Å²) in [7, 11) is -1.92. The Labute approximate surface area is 147 Å². The molecule has 0 amide bonds. The molecule has 2 atom stereocenters. The number of hydrogen-bond acceptors (Lipinski definition) is 6. The third kappa shape index (κ3) is 2.75. The van der Waals surface area contributed by atoms with Gasteiger partial charge in [0.25, 0.3) is 0 Å². The van der Waals surface area contributed by atoms with Gasteiger partial charge < -0.3 is 9.64 Å². The molecule has 1 aromatic heterocycles. The van der Waals surface area contributed by atoms with Crippen molar-refractivity contribution < 1.29 is 13.2 Å². The van der Waals surface area contributed by atoms with Crippen LogP contribution in [0.1, 0.15) is 12.2 Å². The van der Waals surface area contributed by atoms with Gasteiger partial charge in [-0.1, -0.05) is 0 Å². The van der Waals surface area contributed by atoms with Crippen molar-refractivity contribution in [1.82, 2.24) is 14.3 Å². The predicted molar refractivity (Wildman–Crippen MR) is 93.2 cm³/mol. The van der Waals surface area contributed by atoms with Crippen LogP contribution in [0, 0.1) is 6.92 Å².